The van der Waals surface area contributed by atoms with Crippen LogP contribution >= 0.6 is 11.6 Å². The fourth-order valence-electron chi connectivity index (χ4n) is 1.66. The molecule has 126 valence electrons. The predicted molar refractivity (Wildman–Crippen MR) is 85.9 cm³/mol. The summed E-state index contributed by atoms with van der Waals surface area (Å²) in [7, 11) is 0. The molecule has 23 heavy (non-hydrogen) atoms. The summed E-state index contributed by atoms with van der Waals surface area (Å²) >= 11 is 5.80. The van der Waals surface area contributed by atoms with E-state index in [1.165, 1.54) is 0 Å². The number of alkyl carbamates (subject to hydrolysis) is 1. The van der Waals surface area contributed by atoms with Crippen molar-refractivity contribution in [2.24, 2.45) is 0 Å². The number of hydrogen-bond donors (Lipinski definition) is 2. The summed E-state index contributed by atoms with van der Waals surface area (Å²) in [4.78, 5) is 15.5. The number of ether oxygens (including phenoxy) is 1. The van der Waals surface area contributed by atoms with Crippen LogP contribution in [0.1, 0.15) is 39.7 Å². The second kappa shape index (κ2) is 7.97. The van der Waals surface area contributed by atoms with Crippen LogP contribution in [0.4, 0.5) is 15.0 Å². The number of carbonyl (C=O) groups is 1. The molecule has 8 heteroatoms. The molecule has 1 aromatic heterocycles. The van der Waals surface area contributed by atoms with Gasteiger partial charge in [-0.25, -0.2) is 14.2 Å². The Labute approximate surface area is 140 Å². The van der Waals surface area contributed by atoms with Gasteiger partial charge in [0.15, 0.2) is 11.6 Å². The second-order valence-electron chi connectivity index (χ2n) is 5.90. The maximum absolute atomic E-state index is 13.9. The number of nitrogens with one attached hydrogen (secondary N) is 2. The van der Waals surface area contributed by atoms with Crippen molar-refractivity contribution in [3.63, 3.8) is 0 Å². The third kappa shape index (κ3) is 6.28. The lowest BCUT2D eigenvalue weighted by atomic mass is 10.2. The first-order chi connectivity index (χ1) is 10.7. The highest BCUT2D eigenvalue weighted by molar-refractivity contribution is 6.30. The quantitative estimate of drug-likeness (QED) is 0.800. The fourth-order valence-corrected chi connectivity index (χ4v) is 1.84. The maximum atomic E-state index is 13.9. The molecule has 0 aliphatic rings. The van der Waals surface area contributed by atoms with Crippen LogP contribution in [0.5, 0.6) is 0 Å². The molecule has 6 nitrogen and oxygen atoms in total. The number of rotatable bonds is 5. The number of amides is 1. The van der Waals surface area contributed by atoms with Gasteiger partial charge in [0, 0.05) is 12.6 Å². The number of halogens is 2. The number of pyridine rings is 1. The van der Waals surface area contributed by atoms with Crippen LogP contribution in [0, 0.1) is 17.1 Å². The lowest BCUT2D eigenvalue weighted by Crippen LogP contribution is -2.39. The van der Waals surface area contributed by atoms with Gasteiger partial charge in [-0.3, -0.25) is 0 Å². The number of hydrogen-bond acceptors (Lipinski definition) is 5. The van der Waals surface area contributed by atoms with Crippen molar-refractivity contribution in [1.82, 2.24) is 10.3 Å². The molecular formula is C15H20ClFN4O2. The van der Waals surface area contributed by atoms with Gasteiger partial charge >= 0.3 is 6.09 Å². The van der Waals surface area contributed by atoms with Crippen LogP contribution < -0.4 is 10.6 Å². The van der Waals surface area contributed by atoms with Crippen molar-refractivity contribution < 1.29 is 13.9 Å². The summed E-state index contributed by atoms with van der Waals surface area (Å²) < 4.78 is 19.0. The molecule has 1 amide bonds. The minimum atomic E-state index is -0.679. The monoisotopic (exact) mass is 342 g/mol. The largest absolute Gasteiger partial charge is 0.444 e. The van der Waals surface area contributed by atoms with E-state index in [4.69, 9.17) is 21.6 Å². The van der Waals surface area contributed by atoms with Gasteiger partial charge in [0.1, 0.15) is 16.8 Å². The average molecular weight is 343 g/mol. The van der Waals surface area contributed by atoms with Crippen LogP contribution in [-0.2, 0) is 4.74 Å². The molecule has 0 aliphatic carbocycles. The Morgan fingerprint density at radius 1 is 1.57 bits per heavy atom. The summed E-state index contributed by atoms with van der Waals surface area (Å²) in [6.45, 7) is 7.39. The molecule has 0 bridgehead atoms. The highest BCUT2D eigenvalue weighted by Gasteiger charge is 2.18. The van der Waals surface area contributed by atoms with Crippen molar-refractivity contribution in [3.8, 4) is 6.07 Å². The third-order valence-electron chi connectivity index (χ3n) is 2.78. The Morgan fingerprint density at radius 3 is 2.74 bits per heavy atom. The lowest BCUT2D eigenvalue weighted by Gasteiger charge is -2.22. The second-order valence-corrected chi connectivity index (χ2v) is 6.26. The molecule has 0 saturated carbocycles. The molecule has 1 atom stereocenters. The van der Waals surface area contributed by atoms with E-state index in [1.807, 2.05) is 6.92 Å². The molecule has 0 aromatic carbocycles. The van der Waals surface area contributed by atoms with Crippen molar-refractivity contribution in [2.75, 3.05) is 11.9 Å². The van der Waals surface area contributed by atoms with Gasteiger partial charge in [-0.05, 0) is 33.3 Å². The molecule has 0 spiro atoms. The van der Waals surface area contributed by atoms with Gasteiger partial charge in [-0.2, -0.15) is 5.26 Å². The van der Waals surface area contributed by atoms with E-state index in [0.29, 0.717) is 6.42 Å². The van der Waals surface area contributed by atoms with Crippen molar-refractivity contribution in [1.29, 1.82) is 5.26 Å². The number of anilines is 1. The zero-order valence-electron chi connectivity index (χ0n) is 13.5. The van der Waals surface area contributed by atoms with Crippen LogP contribution in [0.2, 0.25) is 5.15 Å². The van der Waals surface area contributed by atoms with Crippen molar-refractivity contribution in [2.45, 2.75) is 45.8 Å². The molecule has 0 radical (unpaired) electrons. The number of nitrogens with zero attached hydrogens (tertiary/aromatic N) is 2. The van der Waals surface area contributed by atoms with Gasteiger partial charge in [-0.1, -0.05) is 18.5 Å². The number of aromatic nitrogens is 1. The van der Waals surface area contributed by atoms with E-state index in [0.717, 1.165) is 6.07 Å². The summed E-state index contributed by atoms with van der Waals surface area (Å²) in [5.41, 5.74) is -0.622. The highest BCUT2D eigenvalue weighted by Crippen LogP contribution is 2.20. The van der Waals surface area contributed by atoms with Crippen LogP contribution in [0.25, 0.3) is 0 Å². The van der Waals surface area contributed by atoms with Crippen molar-refractivity contribution >= 4 is 23.5 Å². The van der Waals surface area contributed by atoms with E-state index in [9.17, 15) is 9.18 Å². The third-order valence-corrected chi connectivity index (χ3v) is 3.06. The fraction of sp³-hybridized carbons (Fsp3) is 0.533. The zero-order chi connectivity index (χ0) is 17.6. The Morgan fingerprint density at radius 2 is 2.22 bits per heavy atom. The zero-order valence-corrected chi connectivity index (χ0v) is 14.3. The lowest BCUT2D eigenvalue weighted by molar-refractivity contribution is 0.0525. The standard InChI is InChI=1S/C15H20ClFN4O2/c1-5-10(8-19-14(22)23-15(2,3)4)20-13-11(17)6-9(7-18)12(16)21-13/h6,10H,5,8H2,1-4H3,(H,19,22)(H,20,21)/t10-/m1/s1. The number of nitriles is 1. The summed E-state index contributed by atoms with van der Waals surface area (Å²) in [5, 5.41) is 14.2. The first-order valence-corrected chi connectivity index (χ1v) is 7.53. The van der Waals surface area contributed by atoms with E-state index >= 15 is 0 Å². The van der Waals surface area contributed by atoms with Crippen LogP contribution in [-0.4, -0.2) is 29.3 Å². The summed E-state index contributed by atoms with van der Waals surface area (Å²) in [6.07, 6.45) is 0.0539. The number of carbonyl (C=O) groups excluding carboxylic acids is 1. The molecule has 0 unspecified atom stereocenters. The Balaban J connectivity index is 2.69. The summed E-state index contributed by atoms with van der Waals surface area (Å²) in [5.74, 6) is -0.742. The Bertz CT molecular complexity index is 611. The SMILES string of the molecule is CC[C@H](CNC(=O)OC(C)(C)C)Nc1nc(Cl)c(C#N)cc1F. The normalized spacial score (nSPS) is 12.2. The maximum Gasteiger partial charge on any atom is 0.407 e. The smallest absolute Gasteiger partial charge is 0.407 e. The first kappa shape index (κ1) is 19.0. The van der Waals surface area contributed by atoms with Gasteiger partial charge < -0.3 is 15.4 Å². The van der Waals surface area contributed by atoms with E-state index in [1.54, 1.807) is 26.8 Å². The molecule has 1 heterocycles. The van der Waals surface area contributed by atoms with Crippen LogP contribution in [0.3, 0.4) is 0 Å². The van der Waals surface area contributed by atoms with Gasteiger partial charge in [0.05, 0.1) is 5.56 Å². The molecule has 2 N–H and O–H groups in total. The van der Waals surface area contributed by atoms with Crippen molar-refractivity contribution in [3.05, 3.63) is 22.6 Å². The van der Waals surface area contributed by atoms with E-state index < -0.39 is 17.5 Å². The Kier molecular flexibility index (Phi) is 6.58. The first-order valence-electron chi connectivity index (χ1n) is 7.15. The molecule has 0 aliphatic heterocycles. The summed E-state index contributed by atoms with van der Waals surface area (Å²) in [6, 6.07) is 2.51. The van der Waals surface area contributed by atoms with E-state index in [-0.39, 0.29) is 29.1 Å². The molecule has 0 fully saturated rings. The minimum absolute atomic E-state index is 0.0327. The van der Waals surface area contributed by atoms with Gasteiger partial charge in [0.2, 0.25) is 0 Å². The predicted octanol–water partition coefficient (Wildman–Crippen LogP) is 3.46. The molecule has 1 aromatic rings. The Hall–Kier alpha value is -2.07. The highest BCUT2D eigenvalue weighted by atomic mass is 35.5. The van der Waals surface area contributed by atoms with Gasteiger partial charge in [-0.15, -0.1) is 0 Å². The molecular weight excluding hydrogens is 323 g/mol. The molecule has 1 rings (SSSR count). The topological polar surface area (TPSA) is 87.0 Å². The van der Waals surface area contributed by atoms with E-state index in [2.05, 4.69) is 15.6 Å². The average Bonchev–Trinajstić information content (AvgIpc) is 2.44. The van der Waals surface area contributed by atoms with Gasteiger partial charge in [0.25, 0.3) is 0 Å². The molecule has 0 saturated heterocycles. The van der Waals surface area contributed by atoms with Crippen LogP contribution in [0.15, 0.2) is 6.07 Å². The minimum Gasteiger partial charge on any atom is -0.444 e.